The number of esters is 2. The highest BCUT2D eigenvalue weighted by atomic mass is 16.5. The summed E-state index contributed by atoms with van der Waals surface area (Å²) in [7, 11) is 0. The first-order valence-electron chi connectivity index (χ1n) is 9.57. The largest absolute Gasteiger partial charge is 0.427 e. The summed E-state index contributed by atoms with van der Waals surface area (Å²) >= 11 is 0. The van der Waals surface area contributed by atoms with Gasteiger partial charge < -0.3 is 9.47 Å². The van der Waals surface area contributed by atoms with Gasteiger partial charge in [-0.05, 0) is 59.4 Å². The fourth-order valence-electron chi connectivity index (χ4n) is 3.60. The first kappa shape index (κ1) is 19.2. The van der Waals surface area contributed by atoms with E-state index >= 15 is 0 Å². The van der Waals surface area contributed by atoms with Crippen LogP contribution in [0.5, 0.6) is 11.5 Å². The molecule has 0 radical (unpaired) electrons. The summed E-state index contributed by atoms with van der Waals surface area (Å²) in [5.74, 6) is 0.720. The predicted molar refractivity (Wildman–Crippen MR) is 105 cm³/mol. The van der Waals surface area contributed by atoms with Gasteiger partial charge in [-0.25, -0.2) is 0 Å². The SMILES string of the molecule is CCCC(=O)Oc1ccc2c(c1)C(C)(C)c1cc(OC(=O)CCC)ccc1-2. The van der Waals surface area contributed by atoms with Crippen molar-refractivity contribution in [2.24, 2.45) is 0 Å². The lowest BCUT2D eigenvalue weighted by molar-refractivity contribution is -0.135. The maximum absolute atomic E-state index is 11.8. The Labute approximate surface area is 160 Å². The molecule has 0 aliphatic heterocycles. The van der Waals surface area contributed by atoms with Gasteiger partial charge in [-0.15, -0.1) is 0 Å². The third-order valence-corrected chi connectivity index (χ3v) is 4.99. The summed E-state index contributed by atoms with van der Waals surface area (Å²) in [6, 6.07) is 11.6. The van der Waals surface area contributed by atoms with Gasteiger partial charge in [0.2, 0.25) is 0 Å². The Kier molecular flexibility index (Phi) is 5.36. The fraction of sp³-hybridized carbons (Fsp3) is 0.391. The molecule has 0 bridgehead atoms. The first-order chi connectivity index (χ1) is 12.9. The van der Waals surface area contributed by atoms with Gasteiger partial charge in [0.15, 0.2) is 0 Å². The quantitative estimate of drug-likeness (QED) is 0.507. The van der Waals surface area contributed by atoms with Crippen LogP contribution in [0.1, 0.15) is 64.5 Å². The topological polar surface area (TPSA) is 52.6 Å². The third kappa shape index (κ3) is 3.75. The molecule has 4 nitrogen and oxygen atoms in total. The van der Waals surface area contributed by atoms with Gasteiger partial charge in [0.05, 0.1) is 0 Å². The second kappa shape index (κ2) is 7.55. The van der Waals surface area contributed by atoms with E-state index in [4.69, 9.17) is 9.47 Å². The van der Waals surface area contributed by atoms with E-state index in [1.807, 2.05) is 50.2 Å². The molecule has 0 unspecified atom stereocenters. The number of hydrogen-bond donors (Lipinski definition) is 0. The number of carbonyl (C=O) groups is 2. The molecule has 0 atom stereocenters. The second-order valence-corrected chi connectivity index (χ2v) is 7.49. The summed E-state index contributed by atoms with van der Waals surface area (Å²) in [6.45, 7) is 8.17. The van der Waals surface area contributed by atoms with E-state index in [0.717, 1.165) is 35.1 Å². The molecule has 3 rings (SSSR count). The number of fused-ring (bicyclic) bond motifs is 3. The van der Waals surface area contributed by atoms with E-state index in [9.17, 15) is 9.59 Å². The van der Waals surface area contributed by atoms with Crippen LogP contribution in [-0.4, -0.2) is 11.9 Å². The summed E-state index contributed by atoms with van der Waals surface area (Å²) < 4.78 is 10.9. The van der Waals surface area contributed by atoms with E-state index < -0.39 is 0 Å². The van der Waals surface area contributed by atoms with E-state index in [1.165, 1.54) is 0 Å². The molecule has 142 valence electrons. The van der Waals surface area contributed by atoms with Crippen molar-refractivity contribution in [1.29, 1.82) is 0 Å². The lowest BCUT2D eigenvalue weighted by Crippen LogP contribution is -2.16. The number of rotatable bonds is 6. The number of benzene rings is 2. The van der Waals surface area contributed by atoms with Crippen molar-refractivity contribution in [3.05, 3.63) is 47.5 Å². The standard InChI is InChI=1S/C23H26O4/c1-5-7-21(24)26-15-9-11-17-18-12-10-16(27-22(25)8-6-2)14-20(18)23(3,4)19(17)13-15/h9-14H,5-8H2,1-4H3. The summed E-state index contributed by atoms with van der Waals surface area (Å²) in [4.78, 5) is 23.6. The van der Waals surface area contributed by atoms with Crippen LogP contribution in [0.25, 0.3) is 11.1 Å². The minimum Gasteiger partial charge on any atom is -0.427 e. The zero-order chi connectivity index (χ0) is 19.6. The highest BCUT2D eigenvalue weighted by Gasteiger charge is 2.36. The van der Waals surface area contributed by atoms with Gasteiger partial charge in [0, 0.05) is 18.3 Å². The molecule has 0 heterocycles. The lowest BCUT2D eigenvalue weighted by Gasteiger charge is -2.22. The van der Waals surface area contributed by atoms with Crippen LogP contribution >= 0.6 is 0 Å². The molecule has 27 heavy (non-hydrogen) atoms. The van der Waals surface area contributed by atoms with E-state index in [1.54, 1.807) is 0 Å². The van der Waals surface area contributed by atoms with Crippen molar-refractivity contribution in [1.82, 2.24) is 0 Å². The molecule has 2 aromatic rings. The Bertz CT molecular complexity index is 808. The Morgan fingerprint density at radius 2 is 1.19 bits per heavy atom. The average Bonchev–Trinajstić information content (AvgIpc) is 2.83. The minimum atomic E-state index is -0.273. The van der Waals surface area contributed by atoms with Crippen LogP contribution in [-0.2, 0) is 15.0 Å². The minimum absolute atomic E-state index is 0.212. The van der Waals surface area contributed by atoms with Gasteiger partial charge in [0.1, 0.15) is 11.5 Å². The van der Waals surface area contributed by atoms with Crippen LogP contribution in [0.15, 0.2) is 36.4 Å². The van der Waals surface area contributed by atoms with Crippen LogP contribution in [0, 0.1) is 0 Å². The van der Waals surface area contributed by atoms with Crippen molar-refractivity contribution in [3.8, 4) is 22.6 Å². The maximum atomic E-state index is 11.8. The highest BCUT2D eigenvalue weighted by Crippen LogP contribution is 2.50. The van der Waals surface area contributed by atoms with Crippen molar-refractivity contribution >= 4 is 11.9 Å². The molecule has 0 spiro atoms. The molecule has 4 heteroatoms. The Morgan fingerprint density at radius 3 is 1.56 bits per heavy atom. The van der Waals surface area contributed by atoms with E-state index in [-0.39, 0.29) is 17.4 Å². The zero-order valence-corrected chi connectivity index (χ0v) is 16.4. The number of hydrogen-bond acceptors (Lipinski definition) is 4. The summed E-state index contributed by atoms with van der Waals surface area (Å²) in [6.07, 6.45) is 2.35. The zero-order valence-electron chi connectivity index (χ0n) is 16.4. The highest BCUT2D eigenvalue weighted by molar-refractivity contribution is 5.83. The Hall–Kier alpha value is -2.62. The van der Waals surface area contributed by atoms with Crippen molar-refractivity contribution in [2.75, 3.05) is 0 Å². The smallest absolute Gasteiger partial charge is 0.311 e. The lowest BCUT2D eigenvalue weighted by atomic mass is 9.82. The Balaban J connectivity index is 1.92. The second-order valence-electron chi connectivity index (χ2n) is 7.49. The van der Waals surface area contributed by atoms with Gasteiger partial charge >= 0.3 is 11.9 Å². The first-order valence-corrected chi connectivity index (χ1v) is 9.57. The van der Waals surface area contributed by atoms with E-state index in [0.29, 0.717) is 24.3 Å². The molecular weight excluding hydrogens is 340 g/mol. The number of ether oxygens (including phenoxy) is 2. The van der Waals surface area contributed by atoms with Gasteiger partial charge in [0.25, 0.3) is 0 Å². The predicted octanol–water partition coefficient (Wildman–Crippen LogP) is 5.40. The van der Waals surface area contributed by atoms with Gasteiger partial charge in [-0.1, -0.05) is 39.8 Å². The maximum Gasteiger partial charge on any atom is 0.311 e. The van der Waals surface area contributed by atoms with Crippen LogP contribution in [0.4, 0.5) is 0 Å². The molecular formula is C23H26O4. The molecule has 2 aromatic carbocycles. The average molecular weight is 366 g/mol. The van der Waals surface area contributed by atoms with E-state index in [2.05, 4.69) is 13.8 Å². The van der Waals surface area contributed by atoms with Crippen LogP contribution in [0.2, 0.25) is 0 Å². The third-order valence-electron chi connectivity index (χ3n) is 4.99. The molecule has 0 saturated heterocycles. The monoisotopic (exact) mass is 366 g/mol. The van der Waals surface area contributed by atoms with Crippen LogP contribution in [0.3, 0.4) is 0 Å². The normalized spacial score (nSPS) is 13.6. The molecule has 0 N–H and O–H groups in total. The van der Waals surface area contributed by atoms with Gasteiger partial charge in [-0.2, -0.15) is 0 Å². The van der Waals surface area contributed by atoms with Crippen molar-refractivity contribution in [2.45, 2.75) is 58.8 Å². The molecule has 0 fully saturated rings. The van der Waals surface area contributed by atoms with Crippen LogP contribution < -0.4 is 9.47 Å². The van der Waals surface area contributed by atoms with Crippen molar-refractivity contribution < 1.29 is 19.1 Å². The Morgan fingerprint density at radius 1 is 0.778 bits per heavy atom. The molecule has 1 aliphatic rings. The number of carbonyl (C=O) groups excluding carboxylic acids is 2. The molecule has 1 aliphatic carbocycles. The summed E-state index contributed by atoms with van der Waals surface area (Å²) in [5, 5.41) is 0. The van der Waals surface area contributed by atoms with Gasteiger partial charge in [-0.3, -0.25) is 9.59 Å². The van der Waals surface area contributed by atoms with Crippen molar-refractivity contribution in [3.63, 3.8) is 0 Å². The molecule has 0 aromatic heterocycles. The summed E-state index contributed by atoms with van der Waals surface area (Å²) in [5.41, 5.74) is 4.19. The molecule has 0 amide bonds. The fourth-order valence-corrected chi connectivity index (χ4v) is 3.60. The molecule has 0 saturated carbocycles.